The van der Waals surface area contributed by atoms with Crippen LogP contribution in [-0.4, -0.2) is 22.1 Å². The van der Waals surface area contributed by atoms with E-state index in [0.29, 0.717) is 11.3 Å². The van der Waals surface area contributed by atoms with Gasteiger partial charge in [-0.2, -0.15) is 5.10 Å². The monoisotopic (exact) mass is 227 g/mol. The molecule has 2 heterocycles. The molecule has 0 amide bonds. The third kappa shape index (κ3) is 1.71. The Labute approximate surface area is 99.3 Å². The highest BCUT2D eigenvalue weighted by atomic mass is 16.1. The van der Waals surface area contributed by atoms with E-state index in [1.807, 2.05) is 25.2 Å². The number of anilines is 1. The Morgan fingerprint density at radius 2 is 2.29 bits per heavy atom. The first kappa shape index (κ1) is 10.1. The van der Waals surface area contributed by atoms with Gasteiger partial charge < -0.3 is 5.32 Å². The molecule has 0 aliphatic carbocycles. The number of aryl methyl sites for hydroxylation is 1. The summed E-state index contributed by atoms with van der Waals surface area (Å²) in [7, 11) is 1.81. The molecule has 4 nitrogen and oxygen atoms in total. The maximum atomic E-state index is 12.2. The minimum absolute atomic E-state index is 0.0136. The number of benzene rings is 1. The zero-order valence-corrected chi connectivity index (χ0v) is 9.60. The average Bonchev–Trinajstić information content (AvgIpc) is 2.95. The van der Waals surface area contributed by atoms with E-state index in [9.17, 15) is 4.79 Å². The molecule has 1 N–H and O–H groups in total. The molecule has 0 atom stereocenters. The average molecular weight is 227 g/mol. The second kappa shape index (κ2) is 3.73. The first-order valence-corrected chi connectivity index (χ1v) is 5.65. The molecule has 0 radical (unpaired) electrons. The van der Waals surface area contributed by atoms with Gasteiger partial charge in [-0.25, -0.2) is 0 Å². The molecule has 0 saturated carbocycles. The fraction of sp³-hybridized carbons (Fsp3) is 0.231. The smallest absolute Gasteiger partial charge is 0.213 e. The Kier molecular flexibility index (Phi) is 2.21. The summed E-state index contributed by atoms with van der Waals surface area (Å²) in [4.78, 5) is 12.2. The highest BCUT2D eigenvalue weighted by molar-refractivity contribution is 6.08. The van der Waals surface area contributed by atoms with E-state index < -0.39 is 0 Å². The first-order chi connectivity index (χ1) is 8.24. The Morgan fingerprint density at radius 1 is 1.41 bits per heavy atom. The molecule has 17 heavy (non-hydrogen) atoms. The number of nitrogens with one attached hydrogen (secondary N) is 1. The fourth-order valence-electron chi connectivity index (χ4n) is 2.13. The van der Waals surface area contributed by atoms with Crippen LogP contribution in [0.4, 0.5) is 5.69 Å². The predicted octanol–water partition coefficient (Wildman–Crippen LogP) is 1.62. The number of hydrogen-bond acceptors (Lipinski definition) is 3. The quantitative estimate of drug-likeness (QED) is 0.793. The molecule has 3 rings (SSSR count). The van der Waals surface area contributed by atoms with Gasteiger partial charge in [0, 0.05) is 31.0 Å². The van der Waals surface area contributed by atoms with Crippen molar-refractivity contribution in [1.82, 2.24) is 9.78 Å². The molecule has 86 valence electrons. The third-order valence-electron chi connectivity index (χ3n) is 3.02. The van der Waals surface area contributed by atoms with Crippen LogP contribution in [0.15, 0.2) is 30.5 Å². The number of fused-ring (bicyclic) bond motifs is 1. The van der Waals surface area contributed by atoms with Crippen LogP contribution in [0.3, 0.4) is 0 Å². The molecule has 2 aromatic rings. The van der Waals surface area contributed by atoms with Crippen molar-refractivity contribution in [2.24, 2.45) is 7.05 Å². The van der Waals surface area contributed by atoms with Gasteiger partial charge in [0.2, 0.25) is 5.78 Å². The van der Waals surface area contributed by atoms with E-state index in [0.717, 1.165) is 18.7 Å². The first-order valence-electron chi connectivity index (χ1n) is 5.65. The van der Waals surface area contributed by atoms with Gasteiger partial charge in [-0.15, -0.1) is 0 Å². The number of ketones is 1. The van der Waals surface area contributed by atoms with Crippen molar-refractivity contribution >= 4 is 11.5 Å². The molecular formula is C13H13N3O. The number of carbonyl (C=O) groups is 1. The number of nitrogens with zero attached hydrogens (tertiary/aromatic N) is 2. The van der Waals surface area contributed by atoms with Crippen LogP contribution in [0, 0.1) is 0 Å². The van der Waals surface area contributed by atoms with E-state index in [2.05, 4.69) is 10.4 Å². The highest BCUT2D eigenvalue weighted by Gasteiger charge is 2.16. The van der Waals surface area contributed by atoms with Crippen LogP contribution in [0.2, 0.25) is 0 Å². The standard InChI is InChI=1S/C13H13N3O/c1-16-7-5-12(15-16)13(17)10-2-3-11-9(8-10)4-6-14-11/h2-3,5,7-8,14H,4,6H2,1H3. The maximum Gasteiger partial charge on any atom is 0.213 e. The lowest BCUT2D eigenvalue weighted by atomic mass is 10.0. The summed E-state index contributed by atoms with van der Waals surface area (Å²) < 4.78 is 1.64. The van der Waals surface area contributed by atoms with Gasteiger partial charge in [0.15, 0.2) is 0 Å². The largest absolute Gasteiger partial charge is 0.384 e. The summed E-state index contributed by atoms with van der Waals surface area (Å²) in [5.74, 6) is -0.0136. The summed E-state index contributed by atoms with van der Waals surface area (Å²) in [6, 6.07) is 7.53. The number of hydrogen-bond donors (Lipinski definition) is 1. The Bertz CT molecular complexity index is 586. The van der Waals surface area contributed by atoms with Gasteiger partial charge in [-0.3, -0.25) is 9.48 Å². The molecule has 0 fully saturated rings. The minimum Gasteiger partial charge on any atom is -0.384 e. The lowest BCUT2D eigenvalue weighted by Crippen LogP contribution is -2.03. The van der Waals surface area contributed by atoms with Crippen LogP contribution in [-0.2, 0) is 13.5 Å². The second-order valence-electron chi connectivity index (χ2n) is 4.25. The highest BCUT2D eigenvalue weighted by Crippen LogP contribution is 2.23. The summed E-state index contributed by atoms with van der Waals surface area (Å²) in [5, 5.41) is 7.41. The molecule has 1 aromatic carbocycles. The molecule has 1 aliphatic rings. The van der Waals surface area contributed by atoms with Crippen LogP contribution < -0.4 is 5.32 Å². The number of aromatic nitrogens is 2. The van der Waals surface area contributed by atoms with E-state index in [4.69, 9.17) is 0 Å². The Morgan fingerprint density at radius 3 is 3.06 bits per heavy atom. The third-order valence-corrected chi connectivity index (χ3v) is 3.02. The summed E-state index contributed by atoms with van der Waals surface area (Å²) in [6.45, 7) is 0.955. The predicted molar refractivity (Wildman–Crippen MR) is 65.3 cm³/mol. The van der Waals surface area contributed by atoms with E-state index in [1.165, 1.54) is 5.56 Å². The van der Waals surface area contributed by atoms with Gasteiger partial charge in [-0.1, -0.05) is 0 Å². The Balaban J connectivity index is 1.97. The van der Waals surface area contributed by atoms with Crippen molar-refractivity contribution in [1.29, 1.82) is 0 Å². The SMILES string of the molecule is Cn1ccc(C(=O)c2ccc3c(c2)CCN3)n1. The minimum atomic E-state index is -0.0136. The number of rotatable bonds is 2. The zero-order valence-electron chi connectivity index (χ0n) is 9.60. The van der Waals surface area contributed by atoms with E-state index >= 15 is 0 Å². The van der Waals surface area contributed by atoms with Crippen LogP contribution in [0.1, 0.15) is 21.6 Å². The second-order valence-corrected chi connectivity index (χ2v) is 4.25. The maximum absolute atomic E-state index is 12.2. The summed E-state index contributed by atoms with van der Waals surface area (Å²) >= 11 is 0. The topological polar surface area (TPSA) is 46.9 Å². The molecule has 1 aliphatic heterocycles. The van der Waals surface area contributed by atoms with Crippen molar-refractivity contribution in [3.05, 3.63) is 47.3 Å². The van der Waals surface area contributed by atoms with Gasteiger partial charge in [0.25, 0.3) is 0 Å². The zero-order chi connectivity index (χ0) is 11.8. The van der Waals surface area contributed by atoms with Crippen molar-refractivity contribution in [2.75, 3.05) is 11.9 Å². The van der Waals surface area contributed by atoms with Gasteiger partial charge in [0.1, 0.15) is 5.69 Å². The molecule has 0 saturated heterocycles. The van der Waals surface area contributed by atoms with E-state index in [-0.39, 0.29) is 5.78 Å². The molecule has 0 spiro atoms. The normalized spacial score (nSPS) is 13.2. The van der Waals surface area contributed by atoms with Gasteiger partial charge >= 0.3 is 0 Å². The van der Waals surface area contributed by atoms with Gasteiger partial charge in [-0.05, 0) is 36.2 Å². The van der Waals surface area contributed by atoms with Crippen molar-refractivity contribution in [3.8, 4) is 0 Å². The van der Waals surface area contributed by atoms with Crippen LogP contribution in [0.5, 0.6) is 0 Å². The van der Waals surface area contributed by atoms with Crippen LogP contribution in [0.25, 0.3) is 0 Å². The summed E-state index contributed by atoms with van der Waals surface area (Å²) in [6.07, 6.45) is 2.76. The molecule has 4 heteroatoms. The fourth-order valence-corrected chi connectivity index (χ4v) is 2.13. The van der Waals surface area contributed by atoms with Crippen molar-refractivity contribution in [3.63, 3.8) is 0 Å². The van der Waals surface area contributed by atoms with Crippen molar-refractivity contribution in [2.45, 2.75) is 6.42 Å². The van der Waals surface area contributed by atoms with Crippen molar-refractivity contribution < 1.29 is 4.79 Å². The molecular weight excluding hydrogens is 214 g/mol. The lowest BCUT2D eigenvalue weighted by molar-refractivity contribution is 0.103. The lowest BCUT2D eigenvalue weighted by Gasteiger charge is -2.02. The molecule has 0 unspecified atom stereocenters. The Hall–Kier alpha value is -2.10. The summed E-state index contributed by atoms with van der Waals surface area (Å²) in [5.41, 5.74) is 3.57. The van der Waals surface area contributed by atoms with Gasteiger partial charge in [0.05, 0.1) is 0 Å². The molecule has 1 aromatic heterocycles. The molecule has 0 bridgehead atoms. The number of carbonyl (C=O) groups excluding carboxylic acids is 1. The van der Waals surface area contributed by atoms with E-state index in [1.54, 1.807) is 16.9 Å². The van der Waals surface area contributed by atoms with Crippen LogP contribution >= 0.6 is 0 Å².